The lowest BCUT2D eigenvalue weighted by molar-refractivity contribution is 0.340. The zero-order valence-electron chi connectivity index (χ0n) is 6.50. The van der Waals surface area contributed by atoms with E-state index in [0.29, 0.717) is 11.5 Å². The van der Waals surface area contributed by atoms with Gasteiger partial charge in [0.05, 0.1) is 14.2 Å². The van der Waals surface area contributed by atoms with Crippen molar-refractivity contribution in [2.45, 2.75) is 0 Å². The molecule has 1 rings (SSSR count). The van der Waals surface area contributed by atoms with Crippen molar-refractivity contribution < 1.29 is 14.6 Å². The molecule has 1 aromatic rings. The third kappa shape index (κ3) is 1.37. The van der Waals surface area contributed by atoms with E-state index in [4.69, 9.17) is 9.47 Å². The fraction of sp³-hybridized carbons (Fsp3) is 0.250. The van der Waals surface area contributed by atoms with Gasteiger partial charge in [0.1, 0.15) is 0 Å². The van der Waals surface area contributed by atoms with E-state index in [2.05, 4.69) is 0 Å². The van der Waals surface area contributed by atoms with Gasteiger partial charge in [-0.1, -0.05) is 6.07 Å². The third-order valence-electron chi connectivity index (χ3n) is 1.40. The highest BCUT2D eigenvalue weighted by Crippen LogP contribution is 2.34. The van der Waals surface area contributed by atoms with Gasteiger partial charge in [-0.25, -0.2) is 0 Å². The monoisotopic (exact) mass is 156 g/mol. The van der Waals surface area contributed by atoms with Crippen LogP contribution in [-0.2, 0) is 0 Å². The van der Waals surface area contributed by atoms with Crippen molar-refractivity contribution in [3.05, 3.63) is 18.2 Å². The first-order valence-electron chi connectivity index (χ1n) is 3.19. The SMILES string of the molecule is [13CH3]Oc1cccc(O[13CH3])c1O. The van der Waals surface area contributed by atoms with Crippen LogP contribution in [0.3, 0.4) is 0 Å². The Kier molecular flexibility index (Phi) is 2.21. The molecule has 0 aromatic heterocycles. The summed E-state index contributed by atoms with van der Waals surface area (Å²) in [6.07, 6.45) is 0. The number of rotatable bonds is 2. The van der Waals surface area contributed by atoms with Crippen molar-refractivity contribution in [1.82, 2.24) is 0 Å². The van der Waals surface area contributed by atoms with Crippen molar-refractivity contribution in [1.29, 1.82) is 0 Å². The first kappa shape index (κ1) is 7.72. The molecule has 0 atom stereocenters. The van der Waals surface area contributed by atoms with Crippen molar-refractivity contribution in [2.24, 2.45) is 0 Å². The summed E-state index contributed by atoms with van der Waals surface area (Å²) in [6.45, 7) is 0. The predicted molar refractivity (Wildman–Crippen MR) is 41.2 cm³/mol. The van der Waals surface area contributed by atoms with Gasteiger partial charge in [-0.3, -0.25) is 0 Å². The Morgan fingerprint density at radius 3 is 1.91 bits per heavy atom. The van der Waals surface area contributed by atoms with Gasteiger partial charge in [0, 0.05) is 0 Å². The summed E-state index contributed by atoms with van der Waals surface area (Å²) in [7, 11) is 2.99. The summed E-state index contributed by atoms with van der Waals surface area (Å²) < 4.78 is 9.71. The largest absolute Gasteiger partial charge is 0.502 e. The van der Waals surface area contributed by atoms with Crippen LogP contribution in [0.5, 0.6) is 17.2 Å². The molecule has 0 unspecified atom stereocenters. The van der Waals surface area contributed by atoms with Crippen LogP contribution in [-0.4, -0.2) is 19.3 Å². The normalized spacial score (nSPS) is 9.27. The van der Waals surface area contributed by atoms with E-state index in [1.807, 2.05) is 0 Å². The molecule has 0 radical (unpaired) electrons. The standard InChI is InChI=1S/C8H10O3/c1-10-6-4-3-5-7(11-2)8(6)9/h3-5,9H,1-2H3/i1+1,2+1. The lowest BCUT2D eigenvalue weighted by Crippen LogP contribution is -1.87. The van der Waals surface area contributed by atoms with Gasteiger partial charge in [0.2, 0.25) is 5.75 Å². The Hall–Kier alpha value is -1.38. The van der Waals surface area contributed by atoms with Crippen LogP contribution in [0.15, 0.2) is 18.2 Å². The minimum atomic E-state index is 0.0394. The molecule has 11 heavy (non-hydrogen) atoms. The molecule has 0 saturated heterocycles. The Labute approximate surface area is 65.2 Å². The fourth-order valence-electron chi connectivity index (χ4n) is 0.832. The van der Waals surface area contributed by atoms with Gasteiger partial charge in [-0.15, -0.1) is 0 Å². The van der Waals surface area contributed by atoms with E-state index in [-0.39, 0.29) is 5.75 Å². The van der Waals surface area contributed by atoms with Crippen molar-refractivity contribution >= 4 is 0 Å². The Morgan fingerprint density at radius 1 is 1.09 bits per heavy atom. The van der Waals surface area contributed by atoms with E-state index in [0.717, 1.165) is 0 Å². The van der Waals surface area contributed by atoms with E-state index in [9.17, 15) is 5.11 Å². The Bertz CT molecular complexity index is 223. The summed E-state index contributed by atoms with van der Waals surface area (Å²) in [6, 6.07) is 5.08. The van der Waals surface area contributed by atoms with E-state index in [1.165, 1.54) is 14.2 Å². The molecular formula is C8H10O3. The van der Waals surface area contributed by atoms with Crippen molar-refractivity contribution in [3.63, 3.8) is 0 Å². The maximum Gasteiger partial charge on any atom is 0.200 e. The molecular weight excluding hydrogens is 146 g/mol. The van der Waals surface area contributed by atoms with Gasteiger partial charge in [0.15, 0.2) is 11.5 Å². The number of hydrogen-bond donors (Lipinski definition) is 1. The van der Waals surface area contributed by atoms with E-state index >= 15 is 0 Å². The Balaban J connectivity index is 3.10. The van der Waals surface area contributed by atoms with E-state index in [1.54, 1.807) is 18.2 Å². The summed E-state index contributed by atoms with van der Waals surface area (Å²) >= 11 is 0. The fourth-order valence-corrected chi connectivity index (χ4v) is 0.832. The number of hydrogen-bond acceptors (Lipinski definition) is 3. The summed E-state index contributed by atoms with van der Waals surface area (Å²) in [4.78, 5) is 0. The third-order valence-corrected chi connectivity index (χ3v) is 1.40. The van der Waals surface area contributed by atoms with Crippen LogP contribution in [0.1, 0.15) is 0 Å². The molecule has 0 spiro atoms. The smallest absolute Gasteiger partial charge is 0.200 e. The second kappa shape index (κ2) is 3.14. The molecule has 0 heterocycles. The highest BCUT2D eigenvalue weighted by Gasteiger charge is 2.05. The van der Waals surface area contributed by atoms with Crippen LogP contribution >= 0.6 is 0 Å². The average molecular weight is 156 g/mol. The molecule has 0 aliphatic carbocycles. The maximum atomic E-state index is 9.34. The zero-order chi connectivity index (χ0) is 8.27. The maximum absolute atomic E-state index is 9.34. The number of benzene rings is 1. The number of aromatic hydroxyl groups is 1. The van der Waals surface area contributed by atoms with Crippen LogP contribution < -0.4 is 9.47 Å². The second-order valence-electron chi connectivity index (χ2n) is 2.01. The minimum absolute atomic E-state index is 0.0394. The molecule has 0 amide bonds. The predicted octanol–water partition coefficient (Wildman–Crippen LogP) is 1.41. The van der Waals surface area contributed by atoms with Crippen LogP contribution in [0.25, 0.3) is 0 Å². The molecule has 0 saturated carbocycles. The molecule has 0 aliphatic rings. The first-order chi connectivity index (χ1) is 5.29. The zero-order valence-corrected chi connectivity index (χ0v) is 6.50. The number of para-hydroxylation sites is 1. The molecule has 0 fully saturated rings. The minimum Gasteiger partial charge on any atom is -0.502 e. The van der Waals surface area contributed by atoms with Crippen LogP contribution in [0.2, 0.25) is 0 Å². The molecule has 3 nitrogen and oxygen atoms in total. The molecule has 3 heteroatoms. The van der Waals surface area contributed by atoms with E-state index < -0.39 is 0 Å². The van der Waals surface area contributed by atoms with Gasteiger partial charge >= 0.3 is 0 Å². The topological polar surface area (TPSA) is 38.7 Å². The van der Waals surface area contributed by atoms with Crippen LogP contribution in [0.4, 0.5) is 0 Å². The second-order valence-corrected chi connectivity index (χ2v) is 2.01. The lowest BCUT2D eigenvalue weighted by Gasteiger charge is -2.06. The van der Waals surface area contributed by atoms with Crippen molar-refractivity contribution in [2.75, 3.05) is 14.2 Å². The highest BCUT2D eigenvalue weighted by atomic mass is 16.5. The van der Waals surface area contributed by atoms with Gasteiger partial charge in [-0.05, 0) is 12.1 Å². The highest BCUT2D eigenvalue weighted by molar-refractivity contribution is 5.49. The van der Waals surface area contributed by atoms with Crippen molar-refractivity contribution in [3.8, 4) is 17.2 Å². The quantitative estimate of drug-likeness (QED) is 0.658. The van der Waals surface area contributed by atoms with Gasteiger partial charge in [-0.2, -0.15) is 0 Å². The average Bonchev–Trinajstić information content (AvgIpc) is 2.05. The first-order valence-corrected chi connectivity index (χ1v) is 3.19. The lowest BCUT2D eigenvalue weighted by atomic mass is 10.3. The number of phenolic OH excluding ortho intramolecular Hbond substituents is 1. The molecule has 1 aromatic carbocycles. The Morgan fingerprint density at radius 2 is 1.55 bits per heavy atom. The van der Waals surface area contributed by atoms with Gasteiger partial charge < -0.3 is 14.6 Å². The number of phenols is 1. The molecule has 60 valence electrons. The summed E-state index contributed by atoms with van der Waals surface area (Å²) in [5, 5.41) is 9.34. The summed E-state index contributed by atoms with van der Waals surface area (Å²) in [5.41, 5.74) is 0. The number of methoxy groups -OCH3 is 2. The molecule has 1 N–H and O–H groups in total. The molecule has 0 bridgehead atoms. The number of ether oxygens (including phenoxy) is 2. The molecule has 0 aliphatic heterocycles. The van der Waals surface area contributed by atoms with Gasteiger partial charge in [0.25, 0.3) is 0 Å². The van der Waals surface area contributed by atoms with Crippen LogP contribution in [0, 0.1) is 0 Å². The summed E-state index contributed by atoms with van der Waals surface area (Å²) in [5.74, 6) is 0.881.